The van der Waals surface area contributed by atoms with E-state index in [-0.39, 0.29) is 0 Å². The molecule has 2 rings (SSSR count). The van der Waals surface area contributed by atoms with Crippen LogP contribution >= 0.6 is 0 Å². The molecule has 1 saturated heterocycles. The lowest BCUT2D eigenvalue weighted by Gasteiger charge is -2.25. The van der Waals surface area contributed by atoms with Crippen molar-refractivity contribution in [1.29, 1.82) is 0 Å². The van der Waals surface area contributed by atoms with E-state index in [0.717, 1.165) is 19.0 Å². The van der Waals surface area contributed by atoms with Crippen molar-refractivity contribution in [3.8, 4) is 0 Å². The highest BCUT2D eigenvalue weighted by atomic mass is 15.2. The zero-order chi connectivity index (χ0) is 12.8. The van der Waals surface area contributed by atoms with Gasteiger partial charge in [0.25, 0.3) is 0 Å². The Morgan fingerprint density at radius 1 is 1.33 bits per heavy atom. The Morgan fingerprint density at radius 2 is 2.11 bits per heavy atom. The molecule has 1 aliphatic rings. The number of likely N-dealkylation sites (tertiary alicyclic amines) is 1. The van der Waals surface area contributed by atoms with Gasteiger partial charge in [0.15, 0.2) is 0 Å². The van der Waals surface area contributed by atoms with Gasteiger partial charge in [-0.1, -0.05) is 37.3 Å². The largest absolute Gasteiger partial charge is 0.312 e. The molecule has 1 N–H and O–H groups in total. The Balaban J connectivity index is 1.73. The average molecular weight is 246 g/mol. The van der Waals surface area contributed by atoms with Crippen molar-refractivity contribution in [2.45, 2.75) is 45.2 Å². The molecule has 1 aliphatic heterocycles. The van der Waals surface area contributed by atoms with E-state index in [1.807, 2.05) is 0 Å². The predicted molar refractivity (Wildman–Crippen MR) is 77.9 cm³/mol. The van der Waals surface area contributed by atoms with Crippen LogP contribution in [0.15, 0.2) is 30.3 Å². The first-order valence-electron chi connectivity index (χ1n) is 7.31. The normalized spacial score (nSPS) is 22.2. The van der Waals surface area contributed by atoms with Gasteiger partial charge in [0.2, 0.25) is 0 Å². The molecule has 2 unspecified atom stereocenters. The summed E-state index contributed by atoms with van der Waals surface area (Å²) < 4.78 is 0. The molecule has 2 heteroatoms. The van der Waals surface area contributed by atoms with E-state index < -0.39 is 0 Å². The van der Waals surface area contributed by atoms with Gasteiger partial charge in [-0.3, -0.25) is 4.90 Å². The number of hydrogen-bond donors (Lipinski definition) is 1. The molecule has 0 spiro atoms. The third-order valence-electron chi connectivity index (χ3n) is 3.99. The fraction of sp³-hybridized carbons (Fsp3) is 0.625. The van der Waals surface area contributed by atoms with Crippen molar-refractivity contribution >= 4 is 0 Å². The first-order valence-corrected chi connectivity index (χ1v) is 7.31. The van der Waals surface area contributed by atoms with Crippen molar-refractivity contribution in [2.75, 3.05) is 19.6 Å². The highest BCUT2D eigenvalue weighted by Gasteiger charge is 2.22. The highest BCUT2D eigenvalue weighted by Crippen LogP contribution is 2.15. The number of nitrogens with one attached hydrogen (secondary N) is 1. The summed E-state index contributed by atoms with van der Waals surface area (Å²) in [5.41, 5.74) is 1.43. The number of hydrogen-bond acceptors (Lipinski definition) is 2. The molecule has 0 saturated carbocycles. The first kappa shape index (κ1) is 13.6. The lowest BCUT2D eigenvalue weighted by Crippen LogP contribution is -2.41. The minimum atomic E-state index is 0.562. The second-order valence-corrected chi connectivity index (χ2v) is 5.42. The quantitative estimate of drug-likeness (QED) is 0.830. The molecule has 2 nitrogen and oxygen atoms in total. The summed E-state index contributed by atoms with van der Waals surface area (Å²) in [6, 6.07) is 12.1. The number of nitrogens with zero attached hydrogens (tertiary/aromatic N) is 1. The van der Waals surface area contributed by atoms with Gasteiger partial charge in [0, 0.05) is 18.6 Å². The number of likely N-dealkylation sites (N-methyl/N-ethyl adjacent to an activating group) is 1. The molecular weight excluding hydrogens is 220 g/mol. The van der Waals surface area contributed by atoms with Crippen LogP contribution in [0.25, 0.3) is 0 Å². The topological polar surface area (TPSA) is 15.3 Å². The van der Waals surface area contributed by atoms with E-state index in [4.69, 9.17) is 0 Å². The Morgan fingerprint density at radius 3 is 2.83 bits per heavy atom. The third kappa shape index (κ3) is 3.82. The lowest BCUT2D eigenvalue weighted by atomic mass is 10.1. The van der Waals surface area contributed by atoms with Crippen molar-refractivity contribution in [3.63, 3.8) is 0 Å². The summed E-state index contributed by atoms with van der Waals surface area (Å²) in [5, 5.41) is 3.70. The monoisotopic (exact) mass is 246 g/mol. The van der Waals surface area contributed by atoms with E-state index in [9.17, 15) is 0 Å². The summed E-state index contributed by atoms with van der Waals surface area (Å²) in [4.78, 5) is 2.60. The fourth-order valence-corrected chi connectivity index (χ4v) is 2.92. The molecular formula is C16H26N2. The molecule has 0 bridgehead atoms. The van der Waals surface area contributed by atoms with Gasteiger partial charge in [-0.05, 0) is 44.8 Å². The number of benzene rings is 1. The van der Waals surface area contributed by atoms with Crippen LogP contribution in [-0.4, -0.2) is 36.6 Å². The van der Waals surface area contributed by atoms with Gasteiger partial charge < -0.3 is 5.32 Å². The summed E-state index contributed by atoms with van der Waals surface area (Å²) in [6.45, 7) is 8.18. The first-order chi connectivity index (χ1) is 8.79. The molecule has 0 radical (unpaired) electrons. The van der Waals surface area contributed by atoms with Gasteiger partial charge in [-0.2, -0.15) is 0 Å². The van der Waals surface area contributed by atoms with E-state index in [1.54, 1.807) is 0 Å². The minimum absolute atomic E-state index is 0.562. The second kappa shape index (κ2) is 6.91. The summed E-state index contributed by atoms with van der Waals surface area (Å²) in [6.07, 6.45) is 3.85. The maximum absolute atomic E-state index is 3.70. The van der Waals surface area contributed by atoms with Crippen molar-refractivity contribution in [2.24, 2.45) is 0 Å². The van der Waals surface area contributed by atoms with Crippen molar-refractivity contribution < 1.29 is 0 Å². The van der Waals surface area contributed by atoms with E-state index in [1.165, 1.54) is 31.5 Å². The van der Waals surface area contributed by atoms with Gasteiger partial charge in [-0.25, -0.2) is 0 Å². The second-order valence-electron chi connectivity index (χ2n) is 5.42. The molecule has 1 aromatic carbocycles. The van der Waals surface area contributed by atoms with Crippen LogP contribution in [0.2, 0.25) is 0 Å². The van der Waals surface area contributed by atoms with Crippen LogP contribution in [0.5, 0.6) is 0 Å². The summed E-state index contributed by atoms with van der Waals surface area (Å²) in [5.74, 6) is 0. The van der Waals surface area contributed by atoms with Gasteiger partial charge in [-0.15, -0.1) is 0 Å². The van der Waals surface area contributed by atoms with Gasteiger partial charge >= 0.3 is 0 Å². The molecule has 18 heavy (non-hydrogen) atoms. The molecule has 0 aromatic heterocycles. The Kier molecular flexibility index (Phi) is 5.21. The van der Waals surface area contributed by atoms with E-state index in [2.05, 4.69) is 54.4 Å². The SMILES string of the molecule is CCN1CCCC1CNC(C)Cc1ccccc1. The smallest absolute Gasteiger partial charge is 0.0221 e. The van der Waals surface area contributed by atoms with Crippen LogP contribution in [-0.2, 0) is 6.42 Å². The molecule has 0 aliphatic carbocycles. The Bertz CT molecular complexity index is 336. The third-order valence-corrected chi connectivity index (χ3v) is 3.99. The maximum Gasteiger partial charge on any atom is 0.0221 e. The molecule has 1 fully saturated rings. The fourth-order valence-electron chi connectivity index (χ4n) is 2.92. The summed E-state index contributed by atoms with van der Waals surface area (Å²) >= 11 is 0. The molecule has 100 valence electrons. The van der Waals surface area contributed by atoms with Gasteiger partial charge in [0.1, 0.15) is 0 Å². The molecule has 0 amide bonds. The van der Waals surface area contributed by atoms with Crippen LogP contribution in [0.3, 0.4) is 0 Å². The Hall–Kier alpha value is -0.860. The van der Waals surface area contributed by atoms with Crippen LogP contribution in [0.1, 0.15) is 32.3 Å². The van der Waals surface area contributed by atoms with Crippen LogP contribution in [0.4, 0.5) is 0 Å². The maximum atomic E-state index is 3.70. The molecule has 2 atom stereocenters. The zero-order valence-corrected chi connectivity index (χ0v) is 11.7. The van der Waals surface area contributed by atoms with Crippen molar-refractivity contribution in [3.05, 3.63) is 35.9 Å². The van der Waals surface area contributed by atoms with E-state index in [0.29, 0.717) is 6.04 Å². The van der Waals surface area contributed by atoms with Crippen molar-refractivity contribution in [1.82, 2.24) is 10.2 Å². The lowest BCUT2D eigenvalue weighted by molar-refractivity contribution is 0.255. The predicted octanol–water partition coefficient (Wildman–Crippen LogP) is 2.69. The minimum Gasteiger partial charge on any atom is -0.312 e. The molecule has 1 aromatic rings. The van der Waals surface area contributed by atoms with Crippen LogP contribution < -0.4 is 5.32 Å². The zero-order valence-electron chi connectivity index (χ0n) is 11.7. The van der Waals surface area contributed by atoms with Gasteiger partial charge in [0.05, 0.1) is 0 Å². The average Bonchev–Trinajstić information content (AvgIpc) is 2.85. The molecule has 1 heterocycles. The summed E-state index contributed by atoms with van der Waals surface area (Å²) in [7, 11) is 0. The standard InChI is InChI=1S/C16H26N2/c1-3-18-11-7-10-16(18)13-17-14(2)12-15-8-5-4-6-9-15/h4-6,8-9,14,16-17H,3,7,10-13H2,1-2H3. The van der Waals surface area contributed by atoms with E-state index >= 15 is 0 Å². The number of rotatable bonds is 6. The Labute approximate surface area is 111 Å². The van der Waals surface area contributed by atoms with Crippen LogP contribution in [0, 0.1) is 0 Å². The highest BCUT2D eigenvalue weighted by molar-refractivity contribution is 5.15.